The van der Waals surface area contributed by atoms with Gasteiger partial charge in [-0.3, -0.25) is 0 Å². The maximum Gasteiger partial charge on any atom is 0.387 e. The van der Waals surface area contributed by atoms with Gasteiger partial charge >= 0.3 is 6.61 Å². The van der Waals surface area contributed by atoms with Crippen molar-refractivity contribution < 1.29 is 17.9 Å². The largest absolute Gasteiger partial charge is 0.432 e. The topological polar surface area (TPSA) is 9.23 Å². The van der Waals surface area contributed by atoms with E-state index in [0.29, 0.717) is 12.0 Å². The van der Waals surface area contributed by atoms with E-state index < -0.39 is 12.4 Å². The van der Waals surface area contributed by atoms with E-state index in [0.717, 1.165) is 6.42 Å². The van der Waals surface area contributed by atoms with Gasteiger partial charge in [0.15, 0.2) is 11.6 Å². The molecule has 0 amide bonds. The Kier molecular flexibility index (Phi) is 3.80. The second-order valence-electron chi connectivity index (χ2n) is 2.86. The molecule has 4 heteroatoms. The molecule has 0 saturated heterocycles. The maximum absolute atomic E-state index is 13.4. The molecule has 1 aromatic rings. The van der Waals surface area contributed by atoms with Gasteiger partial charge in [-0.15, -0.1) is 0 Å². The van der Waals surface area contributed by atoms with Crippen LogP contribution in [0.1, 0.15) is 18.9 Å². The summed E-state index contributed by atoms with van der Waals surface area (Å²) in [5.74, 6) is -1.07. The Morgan fingerprint density at radius 3 is 2.64 bits per heavy atom. The molecule has 0 unspecified atom stereocenters. The predicted molar refractivity (Wildman–Crippen MR) is 47.0 cm³/mol. The van der Waals surface area contributed by atoms with Crippen molar-refractivity contribution in [1.82, 2.24) is 0 Å². The quantitative estimate of drug-likeness (QED) is 0.730. The second-order valence-corrected chi connectivity index (χ2v) is 2.86. The van der Waals surface area contributed by atoms with Crippen LogP contribution in [-0.4, -0.2) is 6.61 Å². The van der Waals surface area contributed by atoms with E-state index in [1.165, 1.54) is 12.1 Å². The first kappa shape index (κ1) is 10.9. The summed E-state index contributed by atoms with van der Waals surface area (Å²) in [5.41, 5.74) is 0.408. The fourth-order valence-electron chi connectivity index (χ4n) is 1.21. The molecule has 1 nitrogen and oxygen atoms in total. The Morgan fingerprint density at radius 1 is 1.36 bits per heavy atom. The van der Waals surface area contributed by atoms with Crippen LogP contribution in [0.2, 0.25) is 0 Å². The highest BCUT2D eigenvalue weighted by atomic mass is 19.3. The molecule has 1 aromatic carbocycles. The minimum atomic E-state index is -2.98. The Balaban J connectivity index is 2.89. The Labute approximate surface area is 80.5 Å². The number of hydrogen-bond acceptors (Lipinski definition) is 1. The molecule has 0 saturated carbocycles. The van der Waals surface area contributed by atoms with E-state index >= 15 is 0 Å². The standard InChI is InChI=1S/C10H11F3O/c1-2-4-7-5-3-6-8(9(7)11)14-10(12)13/h3,5-6,10H,2,4H2,1H3. The van der Waals surface area contributed by atoms with Crippen LogP contribution in [0.15, 0.2) is 18.2 Å². The monoisotopic (exact) mass is 204 g/mol. The van der Waals surface area contributed by atoms with E-state index in [1.807, 2.05) is 6.92 Å². The van der Waals surface area contributed by atoms with Crippen LogP contribution in [0.4, 0.5) is 13.2 Å². The van der Waals surface area contributed by atoms with Crippen LogP contribution in [0, 0.1) is 5.82 Å². The van der Waals surface area contributed by atoms with E-state index in [4.69, 9.17) is 0 Å². The zero-order valence-corrected chi connectivity index (χ0v) is 7.77. The molecule has 0 bridgehead atoms. The molecule has 0 fully saturated rings. The Hall–Kier alpha value is -1.19. The highest BCUT2D eigenvalue weighted by Crippen LogP contribution is 2.22. The fourth-order valence-corrected chi connectivity index (χ4v) is 1.21. The Bertz CT molecular complexity index is 299. The van der Waals surface area contributed by atoms with Gasteiger partial charge in [0.05, 0.1) is 0 Å². The molecular formula is C10H11F3O. The third-order valence-electron chi connectivity index (χ3n) is 1.78. The SMILES string of the molecule is CCCc1cccc(OC(F)F)c1F. The lowest BCUT2D eigenvalue weighted by Gasteiger charge is -2.08. The number of alkyl halides is 2. The second kappa shape index (κ2) is 4.88. The lowest BCUT2D eigenvalue weighted by Crippen LogP contribution is -2.05. The first-order valence-corrected chi connectivity index (χ1v) is 4.37. The smallest absolute Gasteiger partial charge is 0.387 e. The first-order chi connectivity index (χ1) is 6.65. The molecule has 0 aliphatic heterocycles. The lowest BCUT2D eigenvalue weighted by atomic mass is 10.1. The molecule has 14 heavy (non-hydrogen) atoms. The van der Waals surface area contributed by atoms with Crippen molar-refractivity contribution in [2.24, 2.45) is 0 Å². The van der Waals surface area contributed by atoms with Gasteiger partial charge in [0.1, 0.15) is 0 Å². The van der Waals surface area contributed by atoms with Crippen LogP contribution in [0.3, 0.4) is 0 Å². The summed E-state index contributed by atoms with van der Waals surface area (Å²) in [6.45, 7) is -1.10. The molecule has 1 rings (SSSR count). The van der Waals surface area contributed by atoms with Gasteiger partial charge in [-0.25, -0.2) is 4.39 Å². The zero-order chi connectivity index (χ0) is 10.6. The van der Waals surface area contributed by atoms with Crippen molar-refractivity contribution in [1.29, 1.82) is 0 Å². The summed E-state index contributed by atoms with van der Waals surface area (Å²) in [6, 6.07) is 4.27. The number of benzene rings is 1. The Morgan fingerprint density at radius 2 is 2.07 bits per heavy atom. The minimum absolute atomic E-state index is 0.383. The fraction of sp³-hybridized carbons (Fsp3) is 0.400. The van der Waals surface area contributed by atoms with Gasteiger partial charge in [-0.1, -0.05) is 25.5 Å². The van der Waals surface area contributed by atoms with Gasteiger partial charge in [-0.05, 0) is 18.1 Å². The number of hydrogen-bond donors (Lipinski definition) is 0. The van der Waals surface area contributed by atoms with Crippen LogP contribution in [-0.2, 0) is 6.42 Å². The summed E-state index contributed by atoms with van der Waals surface area (Å²) in [4.78, 5) is 0. The zero-order valence-electron chi connectivity index (χ0n) is 7.77. The first-order valence-electron chi connectivity index (χ1n) is 4.37. The minimum Gasteiger partial charge on any atom is -0.432 e. The molecular weight excluding hydrogens is 193 g/mol. The van der Waals surface area contributed by atoms with E-state index in [9.17, 15) is 13.2 Å². The third kappa shape index (κ3) is 2.65. The van der Waals surface area contributed by atoms with Crippen LogP contribution in [0.5, 0.6) is 5.75 Å². The molecule has 0 spiro atoms. The molecule has 78 valence electrons. The molecule has 0 heterocycles. The molecule has 0 radical (unpaired) electrons. The number of rotatable bonds is 4. The summed E-state index contributed by atoms with van der Waals surface area (Å²) in [7, 11) is 0. The molecule has 0 aliphatic rings. The normalized spacial score (nSPS) is 10.6. The van der Waals surface area contributed by atoms with Gasteiger partial charge in [0.2, 0.25) is 0 Å². The van der Waals surface area contributed by atoms with E-state index in [-0.39, 0.29) is 5.75 Å². The predicted octanol–water partition coefficient (Wildman–Crippen LogP) is 3.38. The van der Waals surface area contributed by atoms with Crippen molar-refractivity contribution in [2.75, 3.05) is 0 Å². The molecule has 0 aromatic heterocycles. The molecule has 0 atom stereocenters. The molecule has 0 N–H and O–H groups in total. The summed E-state index contributed by atoms with van der Waals surface area (Å²) >= 11 is 0. The average Bonchev–Trinajstić information content (AvgIpc) is 2.11. The van der Waals surface area contributed by atoms with Crippen LogP contribution in [0.25, 0.3) is 0 Å². The lowest BCUT2D eigenvalue weighted by molar-refractivity contribution is -0.0522. The summed E-state index contributed by atoms with van der Waals surface area (Å²) < 4.78 is 41.0. The molecule has 0 aliphatic carbocycles. The maximum atomic E-state index is 13.4. The van der Waals surface area contributed by atoms with Gasteiger partial charge < -0.3 is 4.74 Å². The van der Waals surface area contributed by atoms with Crippen molar-refractivity contribution in [2.45, 2.75) is 26.4 Å². The van der Waals surface area contributed by atoms with Crippen LogP contribution < -0.4 is 4.74 Å². The van der Waals surface area contributed by atoms with E-state index in [1.54, 1.807) is 6.07 Å². The average molecular weight is 204 g/mol. The number of aryl methyl sites for hydroxylation is 1. The van der Waals surface area contributed by atoms with E-state index in [2.05, 4.69) is 4.74 Å². The van der Waals surface area contributed by atoms with Crippen molar-refractivity contribution in [3.05, 3.63) is 29.6 Å². The van der Waals surface area contributed by atoms with Crippen LogP contribution >= 0.6 is 0 Å². The number of halogens is 3. The van der Waals surface area contributed by atoms with Gasteiger partial charge in [-0.2, -0.15) is 8.78 Å². The van der Waals surface area contributed by atoms with Crippen molar-refractivity contribution in [3.63, 3.8) is 0 Å². The summed E-state index contributed by atoms with van der Waals surface area (Å²) in [6.07, 6.45) is 1.28. The van der Waals surface area contributed by atoms with Gasteiger partial charge in [0, 0.05) is 0 Å². The number of ether oxygens (including phenoxy) is 1. The van der Waals surface area contributed by atoms with Crippen molar-refractivity contribution >= 4 is 0 Å². The summed E-state index contributed by atoms with van der Waals surface area (Å²) in [5, 5.41) is 0. The van der Waals surface area contributed by atoms with Gasteiger partial charge in [0.25, 0.3) is 0 Å². The highest BCUT2D eigenvalue weighted by Gasteiger charge is 2.12. The third-order valence-corrected chi connectivity index (χ3v) is 1.78. The highest BCUT2D eigenvalue weighted by molar-refractivity contribution is 5.31. The van der Waals surface area contributed by atoms with Crippen molar-refractivity contribution in [3.8, 4) is 5.75 Å².